The normalized spacial score (nSPS) is 24.7. The molecule has 0 amide bonds. The molecule has 2 atom stereocenters. The lowest BCUT2D eigenvalue weighted by Crippen LogP contribution is -2.37. The van der Waals surface area contributed by atoms with Crippen LogP contribution < -0.4 is 5.32 Å². The fourth-order valence-electron chi connectivity index (χ4n) is 1.47. The predicted molar refractivity (Wildman–Crippen MR) is 56.0 cm³/mol. The zero-order valence-corrected chi connectivity index (χ0v) is 9.38. The fourth-order valence-corrected chi connectivity index (χ4v) is 1.47. The summed E-state index contributed by atoms with van der Waals surface area (Å²) in [6.45, 7) is 7.90. The van der Waals surface area contributed by atoms with E-state index < -0.39 is 0 Å². The summed E-state index contributed by atoms with van der Waals surface area (Å²) >= 11 is 0. The molecular formula is C11H21NO2. The average Bonchev–Trinajstić information content (AvgIpc) is 2.19. The van der Waals surface area contributed by atoms with Gasteiger partial charge >= 0.3 is 5.97 Å². The number of esters is 1. The molecule has 0 aromatic rings. The molecule has 3 nitrogen and oxygen atoms in total. The molecule has 1 aliphatic rings. The van der Waals surface area contributed by atoms with Gasteiger partial charge in [-0.25, -0.2) is 0 Å². The van der Waals surface area contributed by atoms with Gasteiger partial charge in [-0.3, -0.25) is 4.79 Å². The Morgan fingerprint density at radius 3 is 2.64 bits per heavy atom. The van der Waals surface area contributed by atoms with Gasteiger partial charge in [0.1, 0.15) is 6.10 Å². The van der Waals surface area contributed by atoms with Gasteiger partial charge < -0.3 is 10.1 Å². The molecule has 1 saturated heterocycles. The Morgan fingerprint density at radius 2 is 2.14 bits per heavy atom. The molecule has 0 radical (unpaired) electrons. The van der Waals surface area contributed by atoms with Crippen molar-refractivity contribution in [3.05, 3.63) is 0 Å². The third-order valence-electron chi connectivity index (χ3n) is 2.87. The zero-order chi connectivity index (χ0) is 10.6. The van der Waals surface area contributed by atoms with Crippen molar-refractivity contribution in [2.45, 2.75) is 39.7 Å². The largest absolute Gasteiger partial charge is 0.462 e. The molecular weight excluding hydrogens is 178 g/mol. The Labute approximate surface area is 86.2 Å². The van der Waals surface area contributed by atoms with Gasteiger partial charge in [-0.05, 0) is 32.2 Å². The standard InChI is InChI=1S/C11H21NO2/c1-8(2)9(3)14-11(13)10-5-4-6-12-7-10/h8-10,12H,4-7H2,1-3H3/t9?,10-/m0/s1. The Morgan fingerprint density at radius 1 is 1.43 bits per heavy atom. The Hall–Kier alpha value is -0.570. The van der Waals surface area contributed by atoms with Gasteiger partial charge in [0.05, 0.1) is 5.92 Å². The van der Waals surface area contributed by atoms with Crippen LogP contribution in [-0.2, 0) is 9.53 Å². The third kappa shape index (κ3) is 3.29. The van der Waals surface area contributed by atoms with Crippen LogP contribution in [0, 0.1) is 11.8 Å². The number of nitrogens with one attached hydrogen (secondary N) is 1. The summed E-state index contributed by atoms with van der Waals surface area (Å²) in [5.41, 5.74) is 0. The van der Waals surface area contributed by atoms with Crippen LogP contribution in [0.3, 0.4) is 0 Å². The Bertz CT molecular complexity index is 186. The Kier molecular flexibility index (Phi) is 4.39. The van der Waals surface area contributed by atoms with Crippen LogP contribution in [0.15, 0.2) is 0 Å². The van der Waals surface area contributed by atoms with E-state index in [1.54, 1.807) is 0 Å². The minimum absolute atomic E-state index is 0.0293. The van der Waals surface area contributed by atoms with Crippen molar-refractivity contribution in [3.63, 3.8) is 0 Å². The van der Waals surface area contributed by atoms with E-state index in [1.807, 2.05) is 6.92 Å². The molecule has 14 heavy (non-hydrogen) atoms. The SMILES string of the molecule is CC(C)C(C)OC(=O)[C@H]1CCCNC1. The summed E-state index contributed by atoms with van der Waals surface area (Å²) in [5.74, 6) is 0.443. The van der Waals surface area contributed by atoms with Gasteiger partial charge in [0.25, 0.3) is 0 Å². The molecule has 0 aromatic heterocycles. The van der Waals surface area contributed by atoms with E-state index in [0.717, 1.165) is 25.9 Å². The number of rotatable bonds is 3. The van der Waals surface area contributed by atoms with Gasteiger partial charge in [-0.2, -0.15) is 0 Å². The first-order chi connectivity index (χ1) is 6.61. The van der Waals surface area contributed by atoms with E-state index in [-0.39, 0.29) is 18.0 Å². The number of carbonyl (C=O) groups is 1. The summed E-state index contributed by atoms with van der Waals surface area (Å²) in [7, 11) is 0. The summed E-state index contributed by atoms with van der Waals surface area (Å²) in [6.07, 6.45) is 2.08. The molecule has 1 aliphatic heterocycles. The highest BCUT2D eigenvalue weighted by Crippen LogP contribution is 2.14. The van der Waals surface area contributed by atoms with E-state index in [1.165, 1.54) is 0 Å². The van der Waals surface area contributed by atoms with E-state index in [4.69, 9.17) is 4.74 Å². The molecule has 0 bridgehead atoms. The van der Waals surface area contributed by atoms with Crippen molar-refractivity contribution >= 4 is 5.97 Å². The highest BCUT2D eigenvalue weighted by Gasteiger charge is 2.24. The second-order valence-corrected chi connectivity index (χ2v) is 4.43. The minimum Gasteiger partial charge on any atom is -0.462 e. The smallest absolute Gasteiger partial charge is 0.310 e. The average molecular weight is 199 g/mol. The highest BCUT2D eigenvalue weighted by molar-refractivity contribution is 5.73. The van der Waals surface area contributed by atoms with Gasteiger partial charge in [-0.15, -0.1) is 0 Å². The first-order valence-electron chi connectivity index (χ1n) is 5.52. The summed E-state index contributed by atoms with van der Waals surface area (Å²) < 4.78 is 5.37. The first-order valence-corrected chi connectivity index (χ1v) is 5.52. The van der Waals surface area contributed by atoms with Crippen LogP contribution in [0.25, 0.3) is 0 Å². The summed E-state index contributed by atoms with van der Waals surface area (Å²) in [6, 6.07) is 0. The molecule has 1 fully saturated rings. The molecule has 1 heterocycles. The van der Waals surface area contributed by atoms with Crippen molar-refractivity contribution in [2.75, 3.05) is 13.1 Å². The maximum atomic E-state index is 11.7. The zero-order valence-electron chi connectivity index (χ0n) is 9.38. The lowest BCUT2D eigenvalue weighted by molar-refractivity contribution is -0.155. The van der Waals surface area contributed by atoms with Gasteiger partial charge in [-0.1, -0.05) is 13.8 Å². The van der Waals surface area contributed by atoms with Crippen molar-refractivity contribution < 1.29 is 9.53 Å². The first kappa shape index (κ1) is 11.5. The summed E-state index contributed by atoms with van der Waals surface area (Å²) in [5, 5.41) is 3.22. The van der Waals surface area contributed by atoms with Crippen LogP contribution >= 0.6 is 0 Å². The maximum absolute atomic E-state index is 11.7. The van der Waals surface area contributed by atoms with Gasteiger partial charge in [0, 0.05) is 6.54 Å². The number of ether oxygens (including phenoxy) is 1. The lowest BCUT2D eigenvalue weighted by Gasteiger charge is -2.24. The monoisotopic (exact) mass is 199 g/mol. The third-order valence-corrected chi connectivity index (χ3v) is 2.87. The predicted octanol–water partition coefficient (Wildman–Crippen LogP) is 1.57. The van der Waals surface area contributed by atoms with Crippen LogP contribution in [0.2, 0.25) is 0 Å². The molecule has 82 valence electrons. The van der Waals surface area contributed by atoms with Crippen molar-refractivity contribution in [1.82, 2.24) is 5.32 Å². The number of carbonyl (C=O) groups excluding carboxylic acids is 1. The van der Waals surface area contributed by atoms with Crippen LogP contribution in [0.5, 0.6) is 0 Å². The fraction of sp³-hybridized carbons (Fsp3) is 0.909. The molecule has 0 aliphatic carbocycles. The second kappa shape index (κ2) is 5.35. The Balaban J connectivity index is 2.33. The number of hydrogen-bond donors (Lipinski definition) is 1. The van der Waals surface area contributed by atoms with E-state index >= 15 is 0 Å². The quantitative estimate of drug-likeness (QED) is 0.701. The number of hydrogen-bond acceptors (Lipinski definition) is 3. The molecule has 3 heteroatoms. The number of piperidine rings is 1. The van der Waals surface area contributed by atoms with E-state index in [9.17, 15) is 4.79 Å². The van der Waals surface area contributed by atoms with Gasteiger partial charge in [0.15, 0.2) is 0 Å². The molecule has 0 aromatic carbocycles. The highest BCUT2D eigenvalue weighted by atomic mass is 16.5. The molecule has 1 rings (SSSR count). The molecule has 1 unspecified atom stereocenters. The van der Waals surface area contributed by atoms with E-state index in [2.05, 4.69) is 19.2 Å². The topological polar surface area (TPSA) is 38.3 Å². The second-order valence-electron chi connectivity index (χ2n) is 4.43. The van der Waals surface area contributed by atoms with Crippen molar-refractivity contribution in [2.24, 2.45) is 11.8 Å². The maximum Gasteiger partial charge on any atom is 0.310 e. The summed E-state index contributed by atoms with van der Waals surface area (Å²) in [4.78, 5) is 11.7. The van der Waals surface area contributed by atoms with Crippen LogP contribution in [0.1, 0.15) is 33.6 Å². The lowest BCUT2D eigenvalue weighted by atomic mass is 10.00. The van der Waals surface area contributed by atoms with E-state index in [0.29, 0.717) is 5.92 Å². The molecule has 0 spiro atoms. The van der Waals surface area contributed by atoms with Crippen molar-refractivity contribution in [1.29, 1.82) is 0 Å². The van der Waals surface area contributed by atoms with Gasteiger partial charge in [0.2, 0.25) is 0 Å². The molecule has 0 saturated carbocycles. The van der Waals surface area contributed by atoms with Crippen LogP contribution in [0.4, 0.5) is 0 Å². The van der Waals surface area contributed by atoms with Crippen LogP contribution in [-0.4, -0.2) is 25.2 Å². The van der Waals surface area contributed by atoms with Crippen molar-refractivity contribution in [3.8, 4) is 0 Å². The molecule has 1 N–H and O–H groups in total. The minimum atomic E-state index is -0.0293.